The lowest BCUT2D eigenvalue weighted by Gasteiger charge is -2.09. The Morgan fingerprint density at radius 1 is 1.28 bits per heavy atom. The summed E-state index contributed by atoms with van der Waals surface area (Å²) in [5, 5.41) is 7.07. The molecule has 0 fully saturated rings. The number of benzene rings is 1. The van der Waals surface area contributed by atoms with Crippen LogP contribution < -0.4 is 10.0 Å². The minimum Gasteiger partial charge on any atom is -0.339 e. The van der Waals surface area contributed by atoms with Gasteiger partial charge in [0.05, 0.1) is 10.0 Å². The average molecular weight is 430 g/mol. The van der Waals surface area contributed by atoms with Crippen LogP contribution >= 0.6 is 35.6 Å². The maximum absolute atomic E-state index is 12.3. The molecule has 2 aromatic rings. The second kappa shape index (κ2) is 9.70. The molecule has 0 aliphatic heterocycles. The van der Waals surface area contributed by atoms with Crippen molar-refractivity contribution in [3.05, 3.63) is 40.0 Å². The van der Waals surface area contributed by atoms with Crippen LogP contribution in [0.1, 0.15) is 18.6 Å². The van der Waals surface area contributed by atoms with Gasteiger partial charge in [0.15, 0.2) is 5.82 Å². The van der Waals surface area contributed by atoms with Crippen LogP contribution in [0.3, 0.4) is 0 Å². The van der Waals surface area contributed by atoms with Crippen molar-refractivity contribution in [3.63, 3.8) is 0 Å². The van der Waals surface area contributed by atoms with Gasteiger partial charge >= 0.3 is 0 Å². The highest BCUT2D eigenvalue weighted by molar-refractivity contribution is 7.89. The molecule has 1 atom stereocenters. The first-order valence-corrected chi connectivity index (χ1v) is 9.50. The van der Waals surface area contributed by atoms with E-state index in [1.165, 1.54) is 12.1 Å². The molecule has 0 amide bonds. The van der Waals surface area contributed by atoms with Crippen LogP contribution in [0.5, 0.6) is 0 Å². The van der Waals surface area contributed by atoms with Gasteiger partial charge < -0.3 is 9.84 Å². The zero-order valence-corrected chi connectivity index (χ0v) is 16.8. The summed E-state index contributed by atoms with van der Waals surface area (Å²) in [5.74, 6) is 0.935. The number of rotatable bonds is 8. The van der Waals surface area contributed by atoms with Gasteiger partial charge in [-0.15, -0.1) is 12.4 Å². The number of likely N-dealkylation sites (N-methyl/N-ethyl adjacent to an activating group) is 1. The van der Waals surface area contributed by atoms with Gasteiger partial charge in [0.25, 0.3) is 0 Å². The van der Waals surface area contributed by atoms with Crippen LogP contribution in [0.2, 0.25) is 10.0 Å². The summed E-state index contributed by atoms with van der Waals surface area (Å²) in [5.41, 5.74) is 0. The molecule has 0 aliphatic rings. The van der Waals surface area contributed by atoms with Crippen molar-refractivity contribution in [2.45, 2.75) is 30.7 Å². The zero-order chi connectivity index (χ0) is 17.7. The Kier molecular flexibility index (Phi) is 8.59. The van der Waals surface area contributed by atoms with Crippen LogP contribution in [0.25, 0.3) is 0 Å². The van der Waals surface area contributed by atoms with Crippen molar-refractivity contribution in [1.82, 2.24) is 20.2 Å². The van der Waals surface area contributed by atoms with Crippen molar-refractivity contribution >= 4 is 45.6 Å². The van der Waals surface area contributed by atoms with Crippen LogP contribution in [0, 0.1) is 0 Å². The zero-order valence-electron chi connectivity index (χ0n) is 13.6. The topological polar surface area (TPSA) is 97.1 Å². The van der Waals surface area contributed by atoms with Gasteiger partial charge in [-0.25, -0.2) is 13.1 Å². The highest BCUT2D eigenvalue weighted by Gasteiger charge is 2.21. The van der Waals surface area contributed by atoms with E-state index in [-0.39, 0.29) is 46.4 Å². The lowest BCUT2D eigenvalue weighted by atomic mass is 10.2. The van der Waals surface area contributed by atoms with E-state index < -0.39 is 10.0 Å². The van der Waals surface area contributed by atoms with Gasteiger partial charge in [-0.1, -0.05) is 34.4 Å². The smallest absolute Gasteiger partial charge is 0.243 e. The second-order valence-electron chi connectivity index (χ2n) is 5.20. The van der Waals surface area contributed by atoms with Crippen LogP contribution in [-0.4, -0.2) is 38.2 Å². The lowest BCUT2D eigenvalue weighted by molar-refractivity contribution is 0.371. The van der Waals surface area contributed by atoms with Crippen molar-refractivity contribution in [1.29, 1.82) is 0 Å². The molecule has 1 heterocycles. The Morgan fingerprint density at radius 3 is 2.52 bits per heavy atom. The van der Waals surface area contributed by atoms with Crippen LogP contribution in [0.4, 0.5) is 0 Å². The van der Waals surface area contributed by atoms with Crippen LogP contribution in [0.15, 0.2) is 27.6 Å². The van der Waals surface area contributed by atoms with Crippen molar-refractivity contribution in [2.24, 2.45) is 0 Å². The Hall–Kier alpha value is -0.900. The molecule has 11 heteroatoms. The van der Waals surface area contributed by atoms with Gasteiger partial charge in [0.2, 0.25) is 15.9 Å². The van der Waals surface area contributed by atoms with E-state index in [1.54, 1.807) is 6.07 Å². The molecule has 2 N–H and O–H groups in total. The number of nitrogens with zero attached hydrogens (tertiary/aromatic N) is 2. The van der Waals surface area contributed by atoms with E-state index in [1.807, 2.05) is 14.0 Å². The number of nitrogens with one attached hydrogen (secondary N) is 2. The van der Waals surface area contributed by atoms with E-state index in [0.29, 0.717) is 18.1 Å². The molecule has 7 nitrogen and oxygen atoms in total. The number of aromatic nitrogens is 2. The molecule has 1 unspecified atom stereocenters. The first-order valence-electron chi connectivity index (χ1n) is 7.26. The Balaban J connectivity index is 0.00000312. The van der Waals surface area contributed by atoms with Crippen molar-refractivity contribution < 1.29 is 12.9 Å². The first kappa shape index (κ1) is 22.1. The largest absolute Gasteiger partial charge is 0.339 e. The quantitative estimate of drug-likeness (QED) is 0.669. The highest BCUT2D eigenvalue weighted by atomic mass is 35.5. The van der Waals surface area contributed by atoms with Gasteiger partial charge in [-0.2, -0.15) is 4.98 Å². The Labute approximate surface area is 162 Å². The summed E-state index contributed by atoms with van der Waals surface area (Å²) in [6, 6.07) is 4.73. The maximum atomic E-state index is 12.3. The molecule has 0 saturated heterocycles. The van der Waals surface area contributed by atoms with E-state index in [0.717, 1.165) is 0 Å². The number of halogens is 3. The molecule has 1 aromatic carbocycles. The summed E-state index contributed by atoms with van der Waals surface area (Å²) in [7, 11) is -1.97. The van der Waals surface area contributed by atoms with Crippen molar-refractivity contribution in [2.75, 3.05) is 13.6 Å². The normalized spacial score (nSPS) is 12.6. The fraction of sp³-hybridized carbons (Fsp3) is 0.429. The number of hydrogen-bond acceptors (Lipinski definition) is 6. The van der Waals surface area contributed by atoms with Gasteiger partial charge in [-0.3, -0.25) is 0 Å². The third kappa shape index (κ3) is 6.09. The number of sulfonamides is 1. The van der Waals surface area contributed by atoms with E-state index in [2.05, 4.69) is 20.2 Å². The van der Waals surface area contributed by atoms with Crippen LogP contribution in [-0.2, 0) is 22.9 Å². The third-order valence-corrected chi connectivity index (χ3v) is 5.73. The molecule has 1 aromatic heterocycles. The monoisotopic (exact) mass is 428 g/mol. The fourth-order valence-corrected chi connectivity index (χ4v) is 4.13. The maximum Gasteiger partial charge on any atom is 0.243 e. The molecule has 0 saturated carbocycles. The van der Waals surface area contributed by atoms with Gasteiger partial charge in [-0.05, 0) is 26.1 Å². The SMILES string of the molecule is CNC(C)Cc1noc(CCNS(=O)(=O)c2c(Cl)cccc2Cl)n1.Cl. The molecule has 0 spiro atoms. The van der Waals surface area contributed by atoms with Gasteiger partial charge in [0, 0.05) is 25.4 Å². The average Bonchev–Trinajstić information content (AvgIpc) is 2.93. The van der Waals surface area contributed by atoms with E-state index >= 15 is 0 Å². The predicted molar refractivity (Wildman–Crippen MR) is 99.1 cm³/mol. The van der Waals surface area contributed by atoms with E-state index in [4.69, 9.17) is 27.7 Å². The second-order valence-corrected chi connectivity index (χ2v) is 7.71. The highest BCUT2D eigenvalue weighted by Crippen LogP contribution is 2.28. The van der Waals surface area contributed by atoms with E-state index in [9.17, 15) is 8.42 Å². The molecule has 2 rings (SSSR count). The molecular formula is C14H19Cl3N4O3S. The fourth-order valence-electron chi connectivity index (χ4n) is 1.95. The Bertz CT molecular complexity index is 778. The summed E-state index contributed by atoms with van der Waals surface area (Å²) in [4.78, 5) is 4.08. The Morgan fingerprint density at radius 2 is 1.92 bits per heavy atom. The summed E-state index contributed by atoms with van der Waals surface area (Å²) < 4.78 is 32.1. The lowest BCUT2D eigenvalue weighted by Crippen LogP contribution is -2.26. The minimum atomic E-state index is -3.82. The summed E-state index contributed by atoms with van der Waals surface area (Å²) in [6.45, 7) is 2.09. The molecular weight excluding hydrogens is 411 g/mol. The molecule has 0 radical (unpaired) electrons. The molecule has 25 heavy (non-hydrogen) atoms. The standard InChI is InChI=1S/C14H18Cl2N4O3S.ClH/c1-9(17-2)8-12-19-13(23-20-12)6-7-18-24(21,22)14-10(15)4-3-5-11(14)16;/h3-5,9,17-18H,6-8H2,1-2H3;1H. The minimum absolute atomic E-state index is 0. The molecule has 0 bridgehead atoms. The van der Waals surface area contributed by atoms with Gasteiger partial charge in [0.1, 0.15) is 4.90 Å². The number of hydrogen-bond donors (Lipinski definition) is 2. The predicted octanol–water partition coefficient (Wildman–Crippen LogP) is 2.47. The summed E-state index contributed by atoms with van der Waals surface area (Å²) in [6.07, 6.45) is 0.892. The molecule has 140 valence electrons. The molecule has 0 aliphatic carbocycles. The van der Waals surface area contributed by atoms with Crippen molar-refractivity contribution in [3.8, 4) is 0 Å². The first-order chi connectivity index (χ1) is 11.3. The third-order valence-electron chi connectivity index (χ3n) is 3.31. The summed E-state index contributed by atoms with van der Waals surface area (Å²) >= 11 is 11.9.